The lowest BCUT2D eigenvalue weighted by atomic mass is 9.86. The lowest BCUT2D eigenvalue weighted by molar-refractivity contribution is -0.117. The van der Waals surface area contributed by atoms with Crippen LogP contribution < -0.4 is 30.3 Å². The van der Waals surface area contributed by atoms with E-state index in [0.29, 0.717) is 22.2 Å². The van der Waals surface area contributed by atoms with Gasteiger partial charge in [-0.1, -0.05) is 23.9 Å². The SMILES string of the molecule is COc1ccccc1Oc1ccc(N2C(=O)NC3=C(C(=O)N[C@@H]4CCCN(C)C4)SC4NCCC2C34)c(C)c1. The van der Waals surface area contributed by atoms with Crippen LogP contribution in [-0.4, -0.2) is 68.1 Å². The molecule has 3 N–H and O–H groups in total. The van der Waals surface area contributed by atoms with Gasteiger partial charge in [-0.05, 0) is 82.2 Å². The van der Waals surface area contributed by atoms with Crippen molar-refractivity contribution < 1.29 is 19.1 Å². The van der Waals surface area contributed by atoms with Crippen LogP contribution in [0.25, 0.3) is 0 Å². The Kier molecular flexibility index (Phi) is 7.18. The van der Waals surface area contributed by atoms with Gasteiger partial charge < -0.3 is 30.3 Å². The number of piperidine rings is 2. The summed E-state index contributed by atoms with van der Waals surface area (Å²) >= 11 is 1.55. The summed E-state index contributed by atoms with van der Waals surface area (Å²) in [5.74, 6) is 1.90. The number of aryl methyl sites for hydroxylation is 1. The first-order valence-electron chi connectivity index (χ1n) is 13.6. The van der Waals surface area contributed by atoms with Crippen LogP contribution in [0, 0.1) is 12.8 Å². The third kappa shape index (κ3) is 4.97. The molecule has 2 aromatic carbocycles. The van der Waals surface area contributed by atoms with Gasteiger partial charge in [0.25, 0.3) is 5.91 Å². The highest BCUT2D eigenvalue weighted by Crippen LogP contribution is 2.48. The number of hydrogen-bond acceptors (Lipinski definition) is 7. The Labute approximate surface area is 233 Å². The Morgan fingerprint density at radius 2 is 1.97 bits per heavy atom. The number of likely N-dealkylation sites (tertiary alicyclic amines) is 1. The molecule has 0 aliphatic carbocycles. The molecule has 4 heterocycles. The number of benzene rings is 2. The number of amides is 3. The van der Waals surface area contributed by atoms with Crippen LogP contribution in [0.2, 0.25) is 0 Å². The van der Waals surface area contributed by atoms with Crippen LogP contribution >= 0.6 is 11.8 Å². The topological polar surface area (TPSA) is 95.2 Å². The number of carbonyl (C=O) groups is 2. The van der Waals surface area contributed by atoms with E-state index in [1.54, 1.807) is 18.9 Å². The third-order valence-corrected chi connectivity index (χ3v) is 9.39. The van der Waals surface area contributed by atoms with Crippen molar-refractivity contribution in [1.29, 1.82) is 0 Å². The van der Waals surface area contributed by atoms with E-state index >= 15 is 0 Å². The second-order valence-corrected chi connectivity index (χ2v) is 11.8. The van der Waals surface area contributed by atoms with E-state index in [1.165, 1.54) is 0 Å². The summed E-state index contributed by atoms with van der Waals surface area (Å²) in [5.41, 5.74) is 2.54. The molecule has 4 aliphatic heterocycles. The van der Waals surface area contributed by atoms with Gasteiger partial charge >= 0.3 is 6.03 Å². The summed E-state index contributed by atoms with van der Waals surface area (Å²) < 4.78 is 11.5. The van der Waals surface area contributed by atoms with Crippen molar-refractivity contribution >= 4 is 29.4 Å². The molecule has 6 rings (SSSR count). The van der Waals surface area contributed by atoms with E-state index < -0.39 is 0 Å². The van der Waals surface area contributed by atoms with Crippen LogP contribution in [0.15, 0.2) is 53.1 Å². The smallest absolute Gasteiger partial charge is 0.326 e. The van der Waals surface area contributed by atoms with Crippen LogP contribution in [0.3, 0.4) is 0 Å². The summed E-state index contributed by atoms with van der Waals surface area (Å²) in [6.45, 7) is 4.68. The Morgan fingerprint density at radius 3 is 2.74 bits per heavy atom. The maximum absolute atomic E-state index is 13.6. The van der Waals surface area contributed by atoms with E-state index in [9.17, 15) is 9.59 Å². The number of nitrogens with one attached hydrogen (secondary N) is 3. The summed E-state index contributed by atoms with van der Waals surface area (Å²) in [5, 5.41) is 9.97. The van der Waals surface area contributed by atoms with Gasteiger partial charge in [-0.3, -0.25) is 9.69 Å². The van der Waals surface area contributed by atoms with Crippen molar-refractivity contribution in [2.75, 3.05) is 38.7 Å². The zero-order valence-electron chi connectivity index (χ0n) is 22.5. The number of urea groups is 1. The van der Waals surface area contributed by atoms with Gasteiger partial charge in [-0.25, -0.2) is 4.79 Å². The van der Waals surface area contributed by atoms with Gasteiger partial charge in [0.15, 0.2) is 11.5 Å². The maximum atomic E-state index is 13.6. The summed E-state index contributed by atoms with van der Waals surface area (Å²) in [6.07, 6.45) is 2.86. The average molecular weight is 550 g/mol. The van der Waals surface area contributed by atoms with Gasteiger partial charge in [0.2, 0.25) is 0 Å². The largest absolute Gasteiger partial charge is 0.493 e. The Balaban J connectivity index is 1.24. The number of nitrogens with zero attached hydrogens (tertiary/aromatic N) is 2. The van der Waals surface area contributed by atoms with Crippen molar-refractivity contribution in [2.45, 2.75) is 43.6 Å². The van der Waals surface area contributed by atoms with Gasteiger partial charge in [-0.2, -0.15) is 0 Å². The summed E-state index contributed by atoms with van der Waals surface area (Å²) in [4.78, 5) is 31.8. The van der Waals surface area contributed by atoms with Crippen molar-refractivity contribution in [3.8, 4) is 17.2 Å². The minimum absolute atomic E-state index is 0.0140. The molecule has 39 heavy (non-hydrogen) atoms. The van der Waals surface area contributed by atoms with Crippen LogP contribution in [-0.2, 0) is 4.79 Å². The molecule has 9 nitrogen and oxygen atoms in total. The number of rotatable bonds is 6. The van der Waals surface area contributed by atoms with Crippen molar-refractivity contribution in [3.63, 3.8) is 0 Å². The molecule has 0 bridgehead atoms. The lowest BCUT2D eigenvalue weighted by Gasteiger charge is -2.46. The molecule has 0 radical (unpaired) electrons. The Morgan fingerprint density at radius 1 is 1.15 bits per heavy atom. The first-order chi connectivity index (χ1) is 18.9. The van der Waals surface area contributed by atoms with Crippen molar-refractivity contribution in [1.82, 2.24) is 20.9 Å². The van der Waals surface area contributed by atoms with Gasteiger partial charge in [0.05, 0.1) is 23.4 Å². The second-order valence-electron chi connectivity index (χ2n) is 10.7. The van der Waals surface area contributed by atoms with Gasteiger partial charge in [0, 0.05) is 29.9 Å². The van der Waals surface area contributed by atoms with Crippen LogP contribution in [0.5, 0.6) is 17.2 Å². The predicted octanol–water partition coefficient (Wildman–Crippen LogP) is 3.80. The lowest BCUT2D eigenvalue weighted by Crippen LogP contribution is -2.62. The van der Waals surface area contributed by atoms with Crippen LogP contribution in [0.1, 0.15) is 24.8 Å². The van der Waals surface area contributed by atoms with Crippen LogP contribution in [0.4, 0.5) is 10.5 Å². The number of likely N-dealkylation sites (N-methyl/N-ethyl adjacent to an activating group) is 1. The maximum Gasteiger partial charge on any atom is 0.326 e. The van der Waals surface area contributed by atoms with Crippen molar-refractivity contribution in [3.05, 3.63) is 58.6 Å². The highest BCUT2D eigenvalue weighted by molar-refractivity contribution is 8.04. The van der Waals surface area contributed by atoms with Crippen molar-refractivity contribution in [2.24, 2.45) is 5.92 Å². The number of anilines is 1. The number of para-hydroxylation sites is 2. The number of carbonyl (C=O) groups excluding carboxylic acids is 2. The molecule has 10 heteroatoms. The average Bonchev–Trinajstić information content (AvgIpc) is 3.29. The van der Waals surface area contributed by atoms with Gasteiger partial charge in [-0.15, -0.1) is 0 Å². The molecular weight excluding hydrogens is 514 g/mol. The standard InChI is InChI=1S/C29H35N5O4S/c1-17-15-19(38-23-9-5-4-8-22(23)37-3)10-11-20(17)34-21-12-13-30-28-24(21)25(32-29(34)36)26(39-28)27(35)31-18-7-6-14-33(2)16-18/h4-5,8-11,15,18,21,24,28,30H,6-7,12-14,16H2,1-3H3,(H,31,35)(H,32,36)/t18-,21?,24?,28?/m1/s1. The third-order valence-electron chi connectivity index (χ3n) is 8.03. The molecule has 0 aromatic heterocycles. The fourth-order valence-electron chi connectivity index (χ4n) is 6.23. The number of thioether (sulfide) groups is 1. The number of hydrogen-bond donors (Lipinski definition) is 3. The quantitative estimate of drug-likeness (QED) is 0.505. The van der Waals surface area contributed by atoms with E-state index in [0.717, 1.165) is 55.8 Å². The molecule has 0 spiro atoms. The first kappa shape index (κ1) is 26.0. The Hall–Kier alpha value is -3.21. The molecule has 4 aliphatic rings. The molecule has 3 unspecified atom stereocenters. The zero-order valence-corrected chi connectivity index (χ0v) is 23.3. The van der Waals surface area contributed by atoms with E-state index in [-0.39, 0.29) is 35.3 Å². The second kappa shape index (κ2) is 10.7. The molecule has 3 saturated heterocycles. The van der Waals surface area contributed by atoms with E-state index in [2.05, 4.69) is 27.9 Å². The summed E-state index contributed by atoms with van der Waals surface area (Å²) in [7, 11) is 3.70. The normalized spacial score (nSPS) is 26.6. The van der Waals surface area contributed by atoms with Gasteiger partial charge in [0.1, 0.15) is 5.75 Å². The highest BCUT2D eigenvalue weighted by atomic mass is 32.2. The highest BCUT2D eigenvalue weighted by Gasteiger charge is 2.52. The molecule has 2 aromatic rings. The molecule has 206 valence electrons. The fraction of sp³-hybridized carbons (Fsp3) is 0.448. The molecule has 0 saturated carbocycles. The predicted molar refractivity (Wildman–Crippen MR) is 152 cm³/mol. The number of ether oxygens (including phenoxy) is 2. The zero-order chi connectivity index (χ0) is 27.1. The molecular formula is C29H35N5O4S. The minimum atomic E-state index is -0.196. The first-order valence-corrected chi connectivity index (χ1v) is 14.5. The number of methoxy groups -OCH3 is 1. The minimum Gasteiger partial charge on any atom is -0.493 e. The monoisotopic (exact) mass is 549 g/mol. The Bertz CT molecular complexity index is 1320. The molecule has 3 amide bonds. The molecule has 4 atom stereocenters. The molecule has 3 fully saturated rings. The van der Waals surface area contributed by atoms with E-state index in [1.807, 2.05) is 54.3 Å². The summed E-state index contributed by atoms with van der Waals surface area (Å²) in [6, 6.07) is 13.2. The van der Waals surface area contributed by atoms with E-state index in [4.69, 9.17) is 9.47 Å². The fourth-order valence-corrected chi connectivity index (χ4v) is 7.63.